The van der Waals surface area contributed by atoms with E-state index in [9.17, 15) is 0 Å². The molecule has 0 fully saturated rings. The van der Waals surface area contributed by atoms with Crippen molar-refractivity contribution >= 4 is 23.0 Å². The standard InChI is InChI=1S/C28H27ClN2/c1-20(21-8-4-2-5-9-21)19-31-27-18-24(14-17-26(27)30)28(22-10-6-3-7-11-22)23-12-15-25(29)16-13-23/h2-18,20,28,31H,19,30H2,1H3. The zero-order valence-corrected chi connectivity index (χ0v) is 18.4. The van der Waals surface area contributed by atoms with Crippen molar-refractivity contribution in [1.82, 2.24) is 0 Å². The van der Waals surface area contributed by atoms with Crippen LogP contribution in [0, 0.1) is 0 Å². The van der Waals surface area contributed by atoms with Gasteiger partial charge in [-0.05, 0) is 52.4 Å². The van der Waals surface area contributed by atoms with Gasteiger partial charge in [0.1, 0.15) is 0 Å². The highest BCUT2D eigenvalue weighted by molar-refractivity contribution is 6.30. The number of benzene rings is 4. The Bertz CT molecular complexity index is 1110. The molecule has 3 N–H and O–H groups in total. The molecule has 2 unspecified atom stereocenters. The summed E-state index contributed by atoms with van der Waals surface area (Å²) in [6.07, 6.45) is 0. The van der Waals surface area contributed by atoms with Gasteiger partial charge in [-0.15, -0.1) is 0 Å². The Balaban J connectivity index is 1.64. The number of anilines is 2. The summed E-state index contributed by atoms with van der Waals surface area (Å²) >= 11 is 6.15. The van der Waals surface area contributed by atoms with Crippen molar-refractivity contribution in [2.75, 3.05) is 17.6 Å². The molecule has 0 aromatic heterocycles. The van der Waals surface area contributed by atoms with Crippen LogP contribution in [0.3, 0.4) is 0 Å². The second-order valence-corrected chi connectivity index (χ2v) is 8.37. The van der Waals surface area contributed by atoms with Gasteiger partial charge in [0, 0.05) is 17.5 Å². The van der Waals surface area contributed by atoms with Crippen molar-refractivity contribution in [1.29, 1.82) is 0 Å². The lowest BCUT2D eigenvalue weighted by Gasteiger charge is -2.21. The molecule has 0 saturated carbocycles. The monoisotopic (exact) mass is 426 g/mol. The summed E-state index contributed by atoms with van der Waals surface area (Å²) in [6, 6.07) is 35.5. The van der Waals surface area contributed by atoms with Crippen molar-refractivity contribution < 1.29 is 0 Å². The molecular formula is C28H27ClN2. The molecule has 0 saturated heterocycles. The Morgan fingerprint density at radius 2 is 1.26 bits per heavy atom. The van der Waals surface area contributed by atoms with Crippen molar-refractivity contribution in [2.24, 2.45) is 0 Å². The highest BCUT2D eigenvalue weighted by atomic mass is 35.5. The Hall–Kier alpha value is -3.23. The van der Waals surface area contributed by atoms with E-state index < -0.39 is 0 Å². The third kappa shape index (κ3) is 5.10. The van der Waals surface area contributed by atoms with E-state index in [1.807, 2.05) is 30.3 Å². The van der Waals surface area contributed by atoms with Crippen LogP contribution < -0.4 is 11.1 Å². The molecule has 4 aromatic rings. The summed E-state index contributed by atoms with van der Waals surface area (Å²) in [6.45, 7) is 3.04. The van der Waals surface area contributed by atoms with Gasteiger partial charge in [-0.1, -0.05) is 97.4 Å². The molecule has 0 radical (unpaired) electrons. The number of hydrogen-bond acceptors (Lipinski definition) is 2. The molecule has 0 aliphatic rings. The lowest BCUT2D eigenvalue weighted by molar-refractivity contribution is 0.805. The largest absolute Gasteiger partial charge is 0.397 e. The number of halogens is 1. The quantitative estimate of drug-likeness (QED) is 0.240. The minimum atomic E-state index is 0.103. The van der Waals surface area contributed by atoms with Crippen LogP contribution in [0.4, 0.5) is 11.4 Å². The third-order valence-electron chi connectivity index (χ3n) is 5.71. The van der Waals surface area contributed by atoms with Crippen LogP contribution in [0.1, 0.15) is 41.0 Å². The average molecular weight is 427 g/mol. The SMILES string of the molecule is CC(CNc1cc(C(c2ccccc2)c2ccc(Cl)cc2)ccc1N)c1ccccc1. The fourth-order valence-corrected chi connectivity index (χ4v) is 4.07. The maximum absolute atomic E-state index is 6.33. The van der Waals surface area contributed by atoms with Crippen molar-refractivity contribution in [2.45, 2.75) is 18.8 Å². The second kappa shape index (κ2) is 9.72. The van der Waals surface area contributed by atoms with E-state index in [2.05, 4.69) is 85.0 Å². The van der Waals surface area contributed by atoms with Gasteiger partial charge in [0.25, 0.3) is 0 Å². The van der Waals surface area contributed by atoms with Gasteiger partial charge in [0.15, 0.2) is 0 Å². The lowest BCUT2D eigenvalue weighted by Crippen LogP contribution is -2.12. The molecular weight excluding hydrogens is 400 g/mol. The van der Waals surface area contributed by atoms with Gasteiger partial charge in [-0.2, -0.15) is 0 Å². The van der Waals surface area contributed by atoms with Crippen molar-refractivity contribution in [3.63, 3.8) is 0 Å². The van der Waals surface area contributed by atoms with E-state index >= 15 is 0 Å². The van der Waals surface area contributed by atoms with Gasteiger partial charge in [0.2, 0.25) is 0 Å². The van der Waals surface area contributed by atoms with Crippen LogP contribution in [0.2, 0.25) is 5.02 Å². The summed E-state index contributed by atoms with van der Waals surface area (Å²) in [5.41, 5.74) is 13.0. The van der Waals surface area contributed by atoms with Crippen LogP contribution >= 0.6 is 11.6 Å². The smallest absolute Gasteiger partial charge is 0.0577 e. The number of nitrogen functional groups attached to an aromatic ring is 1. The zero-order valence-electron chi connectivity index (χ0n) is 17.6. The summed E-state index contributed by atoms with van der Waals surface area (Å²) in [7, 11) is 0. The van der Waals surface area contributed by atoms with E-state index in [4.69, 9.17) is 17.3 Å². The van der Waals surface area contributed by atoms with E-state index in [-0.39, 0.29) is 5.92 Å². The minimum Gasteiger partial charge on any atom is -0.397 e. The number of hydrogen-bond donors (Lipinski definition) is 2. The van der Waals surface area contributed by atoms with Crippen LogP contribution in [0.15, 0.2) is 103 Å². The Morgan fingerprint density at radius 1 is 0.710 bits per heavy atom. The van der Waals surface area contributed by atoms with Crippen molar-refractivity contribution in [3.05, 3.63) is 130 Å². The zero-order chi connectivity index (χ0) is 21.6. The topological polar surface area (TPSA) is 38.0 Å². The van der Waals surface area contributed by atoms with Crippen LogP contribution in [-0.4, -0.2) is 6.54 Å². The third-order valence-corrected chi connectivity index (χ3v) is 5.97. The first kappa shape index (κ1) is 21.0. The molecule has 4 rings (SSSR count). The predicted octanol–water partition coefficient (Wildman–Crippen LogP) is 7.32. The molecule has 2 atom stereocenters. The molecule has 31 heavy (non-hydrogen) atoms. The molecule has 0 heterocycles. The van der Waals surface area contributed by atoms with Crippen molar-refractivity contribution in [3.8, 4) is 0 Å². The summed E-state index contributed by atoms with van der Waals surface area (Å²) in [4.78, 5) is 0. The van der Waals surface area contributed by atoms with E-state index in [0.29, 0.717) is 5.92 Å². The Kier molecular flexibility index (Phi) is 6.59. The van der Waals surface area contributed by atoms with Gasteiger partial charge in [-0.25, -0.2) is 0 Å². The van der Waals surface area contributed by atoms with Gasteiger partial charge in [-0.3, -0.25) is 0 Å². The fourth-order valence-electron chi connectivity index (χ4n) is 3.95. The van der Waals surface area contributed by atoms with E-state index in [1.165, 1.54) is 22.3 Å². The Morgan fingerprint density at radius 3 is 1.90 bits per heavy atom. The first-order chi connectivity index (χ1) is 15.1. The predicted molar refractivity (Wildman–Crippen MR) is 133 cm³/mol. The number of rotatable bonds is 7. The maximum Gasteiger partial charge on any atom is 0.0577 e. The normalized spacial score (nSPS) is 12.8. The molecule has 0 amide bonds. The molecule has 0 bridgehead atoms. The fraction of sp³-hybridized carbons (Fsp3) is 0.143. The van der Waals surface area contributed by atoms with E-state index in [1.54, 1.807) is 0 Å². The molecule has 0 spiro atoms. The van der Waals surface area contributed by atoms with E-state index in [0.717, 1.165) is 22.9 Å². The molecule has 0 aliphatic carbocycles. The first-order valence-electron chi connectivity index (χ1n) is 10.6. The summed E-state index contributed by atoms with van der Waals surface area (Å²) < 4.78 is 0. The molecule has 3 heteroatoms. The summed E-state index contributed by atoms with van der Waals surface area (Å²) in [5, 5.41) is 4.31. The molecule has 156 valence electrons. The number of nitrogens with two attached hydrogens (primary N) is 1. The van der Waals surface area contributed by atoms with Gasteiger partial charge in [0.05, 0.1) is 11.4 Å². The lowest BCUT2D eigenvalue weighted by atomic mass is 9.85. The van der Waals surface area contributed by atoms with Crippen LogP contribution in [0.5, 0.6) is 0 Å². The number of nitrogens with one attached hydrogen (secondary N) is 1. The highest BCUT2D eigenvalue weighted by Crippen LogP contribution is 2.35. The van der Waals surface area contributed by atoms with Crippen LogP contribution in [0.25, 0.3) is 0 Å². The molecule has 2 nitrogen and oxygen atoms in total. The maximum atomic E-state index is 6.33. The van der Waals surface area contributed by atoms with Gasteiger partial charge < -0.3 is 11.1 Å². The van der Waals surface area contributed by atoms with Crippen LogP contribution in [-0.2, 0) is 0 Å². The first-order valence-corrected chi connectivity index (χ1v) is 11.0. The highest BCUT2D eigenvalue weighted by Gasteiger charge is 2.18. The molecule has 4 aromatic carbocycles. The summed E-state index contributed by atoms with van der Waals surface area (Å²) in [5.74, 6) is 0.483. The minimum absolute atomic E-state index is 0.103. The Labute approximate surface area is 189 Å². The average Bonchev–Trinajstić information content (AvgIpc) is 2.81. The second-order valence-electron chi connectivity index (χ2n) is 7.93. The van der Waals surface area contributed by atoms with Gasteiger partial charge >= 0.3 is 0 Å². The molecule has 0 aliphatic heterocycles.